The highest BCUT2D eigenvalue weighted by Gasteiger charge is 2.22. The minimum Gasteiger partial charge on any atom is -0.356 e. The molecule has 0 aromatic carbocycles. The lowest BCUT2D eigenvalue weighted by atomic mass is 9.91. The third-order valence-corrected chi connectivity index (χ3v) is 3.27. The Morgan fingerprint density at radius 2 is 2.25 bits per heavy atom. The summed E-state index contributed by atoms with van der Waals surface area (Å²) in [6.07, 6.45) is 3.60. The number of rotatable bonds is 2. The van der Waals surface area contributed by atoms with Crippen molar-refractivity contribution in [2.24, 2.45) is 11.7 Å². The second-order valence-electron chi connectivity index (χ2n) is 4.45. The highest BCUT2D eigenvalue weighted by Crippen LogP contribution is 2.22. The van der Waals surface area contributed by atoms with Gasteiger partial charge in [-0.05, 0) is 25.7 Å². The summed E-state index contributed by atoms with van der Waals surface area (Å²) in [5.74, 6) is 1.37. The predicted octanol–water partition coefficient (Wildman–Crippen LogP) is 0.333. The van der Waals surface area contributed by atoms with Gasteiger partial charge in [0.15, 0.2) is 0 Å². The lowest BCUT2D eigenvalue weighted by Crippen LogP contribution is -2.40. The van der Waals surface area contributed by atoms with Gasteiger partial charge in [-0.1, -0.05) is 0 Å². The Kier molecular flexibility index (Phi) is 3.24. The van der Waals surface area contributed by atoms with Crippen molar-refractivity contribution in [3.8, 4) is 0 Å². The molecule has 3 N–H and O–H groups in total. The fourth-order valence-electron chi connectivity index (χ4n) is 2.19. The van der Waals surface area contributed by atoms with Crippen molar-refractivity contribution in [3.05, 3.63) is 22.7 Å². The number of hydrogen-bond donors (Lipinski definition) is 2. The van der Waals surface area contributed by atoms with E-state index >= 15 is 0 Å². The molecular formula is C11H18N4O. The standard InChI is InChI=1S/C11H18N4O/c1-8(12)9-2-4-15(5-3-9)10-6-11(16)14-7-13-10/h6-9H,2-5,12H2,1H3,(H,13,14,16). The van der Waals surface area contributed by atoms with Gasteiger partial charge >= 0.3 is 0 Å². The Bertz CT molecular complexity index is 393. The van der Waals surface area contributed by atoms with Crippen LogP contribution < -0.4 is 16.2 Å². The minimum atomic E-state index is -0.0979. The molecule has 0 amide bonds. The lowest BCUT2D eigenvalue weighted by molar-refractivity contribution is 0.353. The molecule has 1 atom stereocenters. The van der Waals surface area contributed by atoms with E-state index in [1.165, 1.54) is 6.33 Å². The Balaban J connectivity index is 2.02. The van der Waals surface area contributed by atoms with Crippen LogP contribution in [0.25, 0.3) is 0 Å². The highest BCUT2D eigenvalue weighted by molar-refractivity contribution is 5.36. The molecule has 1 aliphatic rings. The van der Waals surface area contributed by atoms with Gasteiger partial charge in [-0.25, -0.2) is 4.98 Å². The molecule has 1 aromatic rings. The zero-order valence-electron chi connectivity index (χ0n) is 9.52. The Morgan fingerprint density at radius 3 is 2.81 bits per heavy atom. The van der Waals surface area contributed by atoms with Gasteiger partial charge in [-0.2, -0.15) is 0 Å². The van der Waals surface area contributed by atoms with E-state index in [2.05, 4.69) is 21.8 Å². The number of H-pyrrole nitrogens is 1. The molecule has 1 unspecified atom stereocenters. The Hall–Kier alpha value is -1.36. The van der Waals surface area contributed by atoms with Crippen molar-refractivity contribution < 1.29 is 0 Å². The topological polar surface area (TPSA) is 75.0 Å². The third-order valence-electron chi connectivity index (χ3n) is 3.27. The fraction of sp³-hybridized carbons (Fsp3) is 0.636. The molecule has 1 saturated heterocycles. The van der Waals surface area contributed by atoms with Crippen molar-refractivity contribution in [1.82, 2.24) is 9.97 Å². The molecule has 88 valence electrons. The number of nitrogens with one attached hydrogen (secondary N) is 1. The van der Waals surface area contributed by atoms with Gasteiger partial charge in [-0.15, -0.1) is 0 Å². The van der Waals surface area contributed by atoms with Crippen LogP contribution >= 0.6 is 0 Å². The first kappa shape index (κ1) is 11.1. The van der Waals surface area contributed by atoms with E-state index in [0.29, 0.717) is 5.92 Å². The predicted molar refractivity (Wildman–Crippen MR) is 63.4 cm³/mol. The Labute approximate surface area is 94.7 Å². The first-order chi connectivity index (χ1) is 7.66. The molecule has 16 heavy (non-hydrogen) atoms. The fourth-order valence-corrected chi connectivity index (χ4v) is 2.19. The van der Waals surface area contributed by atoms with Gasteiger partial charge in [0.25, 0.3) is 5.56 Å². The smallest absolute Gasteiger partial charge is 0.252 e. The molecule has 0 aliphatic carbocycles. The number of nitrogens with zero attached hydrogens (tertiary/aromatic N) is 2. The van der Waals surface area contributed by atoms with E-state index in [1.54, 1.807) is 6.07 Å². The van der Waals surface area contributed by atoms with E-state index in [0.717, 1.165) is 31.7 Å². The van der Waals surface area contributed by atoms with Crippen molar-refractivity contribution in [2.45, 2.75) is 25.8 Å². The van der Waals surface area contributed by atoms with E-state index in [4.69, 9.17) is 5.73 Å². The van der Waals surface area contributed by atoms with E-state index in [9.17, 15) is 4.79 Å². The van der Waals surface area contributed by atoms with Crippen LogP contribution in [-0.2, 0) is 0 Å². The number of nitrogens with two attached hydrogens (primary N) is 1. The van der Waals surface area contributed by atoms with Crippen LogP contribution in [0.15, 0.2) is 17.2 Å². The van der Waals surface area contributed by atoms with Crippen LogP contribution in [0, 0.1) is 5.92 Å². The van der Waals surface area contributed by atoms with Crippen LogP contribution in [0.5, 0.6) is 0 Å². The van der Waals surface area contributed by atoms with Crippen LogP contribution in [0.1, 0.15) is 19.8 Å². The van der Waals surface area contributed by atoms with Crippen LogP contribution in [-0.4, -0.2) is 29.1 Å². The molecule has 0 radical (unpaired) electrons. The van der Waals surface area contributed by atoms with Crippen molar-refractivity contribution >= 4 is 5.82 Å². The van der Waals surface area contributed by atoms with Crippen molar-refractivity contribution in [1.29, 1.82) is 0 Å². The molecular weight excluding hydrogens is 204 g/mol. The van der Waals surface area contributed by atoms with Crippen LogP contribution in [0.2, 0.25) is 0 Å². The maximum atomic E-state index is 11.2. The average molecular weight is 222 g/mol. The molecule has 1 fully saturated rings. The summed E-state index contributed by atoms with van der Waals surface area (Å²) in [5.41, 5.74) is 5.79. The average Bonchev–Trinajstić information content (AvgIpc) is 2.29. The number of piperidine rings is 1. The SMILES string of the molecule is CC(N)C1CCN(c2cc(=O)[nH]cn2)CC1. The molecule has 5 heteroatoms. The molecule has 2 heterocycles. The first-order valence-electron chi connectivity index (χ1n) is 5.72. The minimum absolute atomic E-state index is 0.0979. The third kappa shape index (κ3) is 2.41. The zero-order valence-corrected chi connectivity index (χ0v) is 9.52. The van der Waals surface area contributed by atoms with Crippen LogP contribution in [0.3, 0.4) is 0 Å². The molecule has 1 aliphatic heterocycles. The summed E-state index contributed by atoms with van der Waals surface area (Å²) in [6.45, 7) is 3.93. The zero-order chi connectivity index (χ0) is 11.5. The second-order valence-corrected chi connectivity index (χ2v) is 4.45. The van der Waals surface area contributed by atoms with Gasteiger partial charge in [0, 0.05) is 25.2 Å². The van der Waals surface area contributed by atoms with E-state index in [-0.39, 0.29) is 11.6 Å². The number of hydrogen-bond acceptors (Lipinski definition) is 4. The summed E-state index contributed by atoms with van der Waals surface area (Å²) in [4.78, 5) is 20.0. The lowest BCUT2D eigenvalue weighted by Gasteiger charge is -2.34. The molecule has 0 bridgehead atoms. The summed E-state index contributed by atoms with van der Waals surface area (Å²) < 4.78 is 0. The second kappa shape index (κ2) is 4.65. The largest absolute Gasteiger partial charge is 0.356 e. The van der Waals surface area contributed by atoms with Crippen LogP contribution in [0.4, 0.5) is 5.82 Å². The van der Waals surface area contributed by atoms with Gasteiger partial charge in [0.2, 0.25) is 0 Å². The summed E-state index contributed by atoms with van der Waals surface area (Å²) in [7, 11) is 0. The molecule has 0 spiro atoms. The molecule has 5 nitrogen and oxygen atoms in total. The first-order valence-corrected chi connectivity index (χ1v) is 5.72. The quantitative estimate of drug-likeness (QED) is 0.756. The number of aromatic nitrogens is 2. The van der Waals surface area contributed by atoms with Crippen molar-refractivity contribution in [3.63, 3.8) is 0 Å². The van der Waals surface area contributed by atoms with Gasteiger partial charge < -0.3 is 15.6 Å². The number of aromatic amines is 1. The number of anilines is 1. The van der Waals surface area contributed by atoms with E-state index < -0.39 is 0 Å². The maximum absolute atomic E-state index is 11.2. The maximum Gasteiger partial charge on any atom is 0.252 e. The summed E-state index contributed by atoms with van der Waals surface area (Å²) >= 11 is 0. The molecule has 2 rings (SSSR count). The van der Waals surface area contributed by atoms with Gasteiger partial charge in [-0.3, -0.25) is 4.79 Å². The summed E-state index contributed by atoms with van der Waals surface area (Å²) in [6, 6.07) is 1.81. The summed E-state index contributed by atoms with van der Waals surface area (Å²) in [5, 5.41) is 0. The molecule has 0 saturated carbocycles. The van der Waals surface area contributed by atoms with Gasteiger partial charge in [0.05, 0.1) is 6.33 Å². The van der Waals surface area contributed by atoms with Gasteiger partial charge in [0.1, 0.15) is 5.82 Å². The monoisotopic (exact) mass is 222 g/mol. The molecule has 1 aromatic heterocycles. The van der Waals surface area contributed by atoms with Crippen molar-refractivity contribution in [2.75, 3.05) is 18.0 Å². The highest BCUT2D eigenvalue weighted by atomic mass is 16.1. The van der Waals surface area contributed by atoms with E-state index in [1.807, 2.05) is 0 Å². The Morgan fingerprint density at radius 1 is 1.56 bits per heavy atom. The normalized spacial score (nSPS) is 19.8.